The van der Waals surface area contributed by atoms with Gasteiger partial charge in [0.2, 0.25) is 0 Å². The Labute approximate surface area is 133 Å². The lowest BCUT2D eigenvalue weighted by Crippen LogP contribution is -2.16. The molecule has 0 fully saturated rings. The Hall–Kier alpha value is -2.28. The van der Waals surface area contributed by atoms with Gasteiger partial charge in [-0.1, -0.05) is 6.07 Å². The van der Waals surface area contributed by atoms with Gasteiger partial charge in [-0.15, -0.1) is 0 Å². The third kappa shape index (κ3) is 3.14. The van der Waals surface area contributed by atoms with Crippen LogP contribution in [0.1, 0.15) is 15.9 Å². The van der Waals surface area contributed by atoms with Gasteiger partial charge in [0.15, 0.2) is 23.7 Å². The lowest BCUT2D eigenvalue weighted by molar-refractivity contribution is 0.112. The van der Waals surface area contributed by atoms with Crippen molar-refractivity contribution in [1.29, 1.82) is 0 Å². The molecule has 2 N–H and O–H groups in total. The summed E-state index contributed by atoms with van der Waals surface area (Å²) in [6.07, 6.45) is 0.651. The Morgan fingerprint density at radius 1 is 1.32 bits per heavy atom. The van der Waals surface area contributed by atoms with Gasteiger partial charge in [0.1, 0.15) is 5.84 Å². The lowest BCUT2D eigenvalue weighted by Gasteiger charge is -2.13. The van der Waals surface area contributed by atoms with Crippen LogP contribution in [-0.2, 0) is 0 Å². The quantitative estimate of drug-likeness (QED) is 0.492. The van der Waals surface area contributed by atoms with Crippen LogP contribution in [0.15, 0.2) is 39.8 Å². The molecule has 7 heteroatoms. The number of carbonyl (C=O) groups is 1. The number of aromatic hydroxyl groups is 1. The molecular weight excluding hydrogens is 358 g/mol. The number of phenolic OH excluding ortho intramolecular Hbond substituents is 1. The molecule has 0 aliphatic rings. The van der Waals surface area contributed by atoms with Gasteiger partial charge in [0.05, 0.1) is 5.69 Å². The fourth-order valence-electron chi connectivity index (χ4n) is 1.85. The molecule has 0 amide bonds. The van der Waals surface area contributed by atoms with Crippen molar-refractivity contribution in [3.63, 3.8) is 0 Å². The summed E-state index contributed by atoms with van der Waals surface area (Å²) in [5.41, 5.74) is 0.880. The second-order valence-corrected chi connectivity index (χ2v) is 5.16. The minimum atomic E-state index is -1.10. The molecule has 0 radical (unpaired) electrons. The van der Waals surface area contributed by atoms with E-state index in [9.17, 15) is 13.6 Å². The first kappa shape index (κ1) is 16.1. The van der Waals surface area contributed by atoms with Crippen LogP contribution < -0.4 is 5.32 Å². The SMILES string of the molecule is CN=C(Nc1c(Br)cccc1C=O)c1cc(F)c(O)c(F)c1. The minimum Gasteiger partial charge on any atom is -0.503 e. The number of aldehydes is 1. The third-order valence-electron chi connectivity index (χ3n) is 2.93. The van der Waals surface area contributed by atoms with E-state index in [-0.39, 0.29) is 11.4 Å². The van der Waals surface area contributed by atoms with Crippen LogP contribution >= 0.6 is 15.9 Å². The molecule has 0 aromatic heterocycles. The number of hydrogen-bond acceptors (Lipinski definition) is 3. The first-order valence-corrected chi connectivity index (χ1v) is 6.93. The maximum atomic E-state index is 13.5. The van der Waals surface area contributed by atoms with Crippen molar-refractivity contribution < 1.29 is 18.7 Å². The van der Waals surface area contributed by atoms with Gasteiger partial charge >= 0.3 is 0 Å². The molecule has 2 aromatic carbocycles. The molecule has 0 heterocycles. The van der Waals surface area contributed by atoms with Crippen LogP contribution in [-0.4, -0.2) is 24.3 Å². The van der Waals surface area contributed by atoms with E-state index < -0.39 is 17.4 Å². The number of para-hydroxylation sites is 1. The molecule has 0 saturated heterocycles. The highest BCUT2D eigenvalue weighted by atomic mass is 79.9. The van der Waals surface area contributed by atoms with Crippen molar-refractivity contribution >= 4 is 33.7 Å². The second-order valence-electron chi connectivity index (χ2n) is 4.31. The van der Waals surface area contributed by atoms with Gasteiger partial charge < -0.3 is 10.4 Å². The molecule has 114 valence electrons. The van der Waals surface area contributed by atoms with Crippen LogP contribution in [0.2, 0.25) is 0 Å². The number of aliphatic imine (C=N–C) groups is 1. The topological polar surface area (TPSA) is 61.7 Å². The summed E-state index contributed by atoms with van der Waals surface area (Å²) >= 11 is 3.29. The number of benzene rings is 2. The van der Waals surface area contributed by atoms with E-state index in [0.29, 0.717) is 22.0 Å². The molecule has 2 aromatic rings. The van der Waals surface area contributed by atoms with Crippen LogP contribution in [0, 0.1) is 11.6 Å². The molecule has 0 saturated carbocycles. The molecule has 2 rings (SSSR count). The zero-order valence-electron chi connectivity index (χ0n) is 11.4. The fourth-order valence-corrected chi connectivity index (χ4v) is 2.33. The normalized spacial score (nSPS) is 11.4. The van der Waals surface area contributed by atoms with E-state index >= 15 is 0 Å². The Morgan fingerprint density at radius 2 is 1.95 bits per heavy atom. The van der Waals surface area contributed by atoms with Crippen LogP contribution in [0.25, 0.3) is 0 Å². The first-order valence-electron chi connectivity index (χ1n) is 6.13. The Morgan fingerprint density at radius 3 is 2.50 bits per heavy atom. The van der Waals surface area contributed by atoms with E-state index in [0.717, 1.165) is 12.1 Å². The van der Waals surface area contributed by atoms with Crippen molar-refractivity contribution in [1.82, 2.24) is 0 Å². The van der Waals surface area contributed by atoms with Crippen molar-refractivity contribution in [3.8, 4) is 5.75 Å². The maximum absolute atomic E-state index is 13.5. The van der Waals surface area contributed by atoms with Crippen molar-refractivity contribution in [3.05, 3.63) is 57.6 Å². The number of hydrogen-bond donors (Lipinski definition) is 2. The number of amidine groups is 1. The number of phenols is 1. The Balaban J connectivity index is 2.46. The first-order chi connectivity index (χ1) is 10.5. The maximum Gasteiger partial charge on any atom is 0.187 e. The third-order valence-corrected chi connectivity index (χ3v) is 3.59. The summed E-state index contributed by atoms with van der Waals surface area (Å²) < 4.78 is 27.5. The summed E-state index contributed by atoms with van der Waals surface area (Å²) in [5.74, 6) is -3.09. The number of rotatable bonds is 3. The predicted molar refractivity (Wildman–Crippen MR) is 83.6 cm³/mol. The molecule has 0 bridgehead atoms. The van der Waals surface area contributed by atoms with Gasteiger partial charge in [-0.05, 0) is 40.2 Å². The summed E-state index contributed by atoms with van der Waals surface area (Å²) in [6.45, 7) is 0. The average molecular weight is 369 g/mol. The van der Waals surface area contributed by atoms with Crippen LogP contribution in [0.5, 0.6) is 5.75 Å². The number of nitrogens with one attached hydrogen (secondary N) is 1. The monoisotopic (exact) mass is 368 g/mol. The van der Waals surface area contributed by atoms with Gasteiger partial charge in [-0.25, -0.2) is 8.78 Å². The average Bonchev–Trinajstić information content (AvgIpc) is 2.50. The standard InChI is InChI=1S/C15H11BrF2N2O2/c1-19-15(9-5-11(17)14(22)12(18)6-9)20-13-8(7-21)3-2-4-10(13)16/h2-7,22H,1H3,(H,19,20). The van der Waals surface area contributed by atoms with Gasteiger partial charge in [0, 0.05) is 22.6 Å². The summed E-state index contributed by atoms with van der Waals surface area (Å²) in [7, 11) is 1.43. The number of carbonyl (C=O) groups excluding carboxylic acids is 1. The van der Waals surface area contributed by atoms with Crippen LogP contribution in [0.3, 0.4) is 0 Å². The van der Waals surface area contributed by atoms with Gasteiger partial charge in [-0.2, -0.15) is 0 Å². The zero-order chi connectivity index (χ0) is 16.3. The molecular formula is C15H11BrF2N2O2. The number of anilines is 1. The lowest BCUT2D eigenvalue weighted by atomic mass is 10.1. The zero-order valence-corrected chi connectivity index (χ0v) is 13.0. The van der Waals surface area contributed by atoms with E-state index in [4.69, 9.17) is 5.11 Å². The van der Waals surface area contributed by atoms with E-state index in [1.54, 1.807) is 18.2 Å². The van der Waals surface area contributed by atoms with Gasteiger partial charge in [0.25, 0.3) is 0 Å². The highest BCUT2D eigenvalue weighted by Crippen LogP contribution is 2.27. The Kier molecular flexibility index (Phi) is 4.87. The highest BCUT2D eigenvalue weighted by molar-refractivity contribution is 9.10. The minimum absolute atomic E-state index is 0.0999. The number of halogens is 3. The second kappa shape index (κ2) is 6.65. The van der Waals surface area contributed by atoms with Crippen LogP contribution in [0.4, 0.5) is 14.5 Å². The van der Waals surface area contributed by atoms with Crippen molar-refractivity contribution in [2.45, 2.75) is 0 Å². The van der Waals surface area contributed by atoms with E-state index in [2.05, 4.69) is 26.2 Å². The summed E-state index contributed by atoms with van der Waals surface area (Å²) in [4.78, 5) is 15.0. The van der Waals surface area contributed by atoms with Gasteiger partial charge in [-0.3, -0.25) is 9.79 Å². The van der Waals surface area contributed by atoms with Crippen molar-refractivity contribution in [2.24, 2.45) is 4.99 Å². The number of nitrogens with zero attached hydrogens (tertiary/aromatic N) is 1. The molecule has 4 nitrogen and oxygen atoms in total. The predicted octanol–water partition coefficient (Wildman–Crippen LogP) is 3.73. The molecule has 0 spiro atoms. The summed E-state index contributed by atoms with van der Waals surface area (Å²) in [6, 6.07) is 6.88. The summed E-state index contributed by atoms with van der Waals surface area (Å²) in [5, 5.41) is 12.0. The molecule has 22 heavy (non-hydrogen) atoms. The largest absolute Gasteiger partial charge is 0.503 e. The molecule has 0 atom stereocenters. The fraction of sp³-hybridized carbons (Fsp3) is 0.0667. The molecule has 0 aliphatic heterocycles. The van der Waals surface area contributed by atoms with E-state index in [1.807, 2.05) is 0 Å². The smallest absolute Gasteiger partial charge is 0.187 e. The Bertz CT molecular complexity index is 740. The molecule has 0 unspecified atom stereocenters. The molecule has 0 aliphatic carbocycles. The van der Waals surface area contributed by atoms with E-state index in [1.165, 1.54) is 7.05 Å². The highest BCUT2D eigenvalue weighted by Gasteiger charge is 2.15. The van der Waals surface area contributed by atoms with Crippen molar-refractivity contribution in [2.75, 3.05) is 12.4 Å².